The summed E-state index contributed by atoms with van der Waals surface area (Å²) < 4.78 is 4.14. The maximum atomic E-state index is 11.4. The van der Waals surface area contributed by atoms with E-state index in [4.69, 9.17) is 16.6 Å². The lowest BCUT2D eigenvalue weighted by Crippen LogP contribution is -2.30. The number of pyridine rings is 2. The van der Waals surface area contributed by atoms with Crippen LogP contribution in [-0.2, 0) is 13.1 Å². The minimum atomic E-state index is 0. The van der Waals surface area contributed by atoms with Crippen LogP contribution < -0.4 is 25.4 Å². The number of anilines is 1. The van der Waals surface area contributed by atoms with Crippen molar-refractivity contribution < 1.29 is 9.46 Å². The van der Waals surface area contributed by atoms with Gasteiger partial charge in [-0.25, -0.2) is 9.98 Å². The molecule has 0 unspecified atom stereocenters. The molecular formula is C34H30Br2ClN9O2. The lowest BCUT2D eigenvalue weighted by Gasteiger charge is -2.17. The van der Waals surface area contributed by atoms with Gasteiger partial charge < -0.3 is 26.4 Å². The molecule has 5 heterocycles. The molecule has 0 amide bonds. The molecule has 0 radical (unpaired) electrons. The third-order valence-electron chi connectivity index (χ3n) is 7.08. The van der Waals surface area contributed by atoms with Crippen LogP contribution in [0.1, 0.15) is 16.7 Å². The van der Waals surface area contributed by atoms with Crippen LogP contribution in [-0.4, -0.2) is 27.1 Å². The van der Waals surface area contributed by atoms with E-state index in [-0.39, 0.29) is 17.0 Å². The normalized spacial score (nSPS) is 12.0. The van der Waals surface area contributed by atoms with Gasteiger partial charge in [0.1, 0.15) is 18.3 Å². The van der Waals surface area contributed by atoms with Crippen molar-refractivity contribution in [1.82, 2.24) is 25.2 Å². The van der Waals surface area contributed by atoms with Crippen molar-refractivity contribution in [3.63, 3.8) is 0 Å². The maximum absolute atomic E-state index is 11.4. The Balaban J connectivity index is 0.000000186. The highest BCUT2D eigenvalue weighted by Crippen LogP contribution is 2.26. The largest absolute Gasteiger partial charge is 0.619 e. The van der Waals surface area contributed by atoms with Crippen LogP contribution in [0.2, 0.25) is 5.02 Å². The Morgan fingerprint density at radius 3 is 2.23 bits per heavy atom. The van der Waals surface area contributed by atoms with E-state index in [1.807, 2.05) is 78.9 Å². The quantitative estimate of drug-likeness (QED) is 0.133. The fourth-order valence-corrected chi connectivity index (χ4v) is 5.40. The monoisotopic (exact) mass is 789 g/mol. The fraction of sp³-hybridized carbons (Fsp3) is 0.0882. The van der Waals surface area contributed by atoms with Gasteiger partial charge in [0.25, 0.3) is 0 Å². The molecule has 0 aliphatic carbocycles. The predicted molar refractivity (Wildman–Crippen MR) is 196 cm³/mol. The molecule has 0 saturated heterocycles. The number of halogens is 3. The Labute approximate surface area is 300 Å². The van der Waals surface area contributed by atoms with E-state index < -0.39 is 0 Å². The summed E-state index contributed by atoms with van der Waals surface area (Å²) in [5.41, 5.74) is 6.25. The standard InChI is InChI=1S/C18H14BrN5O.C16H15ClN4O.BrH/c19-15-11-21-24-17(20-10-13-5-4-8-23(25)12-13)9-16(22-18(15)24)14-6-2-1-3-7-14;17-14-6-2-1-5-13(14)15-8-16(20-11-19-15)18-9-12-4-3-7-21(22)10-12;/h1-9,11-12,20H,10H2;1-8,10,19H,9,11H2,(H,18,20);1H. The van der Waals surface area contributed by atoms with Crippen molar-refractivity contribution in [2.45, 2.75) is 13.1 Å². The second-order valence-corrected chi connectivity index (χ2v) is 11.6. The highest BCUT2D eigenvalue weighted by Gasteiger charge is 2.13. The lowest BCUT2D eigenvalue weighted by atomic mass is 10.1. The molecule has 0 bridgehead atoms. The van der Waals surface area contributed by atoms with Gasteiger partial charge in [0.2, 0.25) is 0 Å². The van der Waals surface area contributed by atoms with Crippen molar-refractivity contribution in [3.05, 3.63) is 159 Å². The zero-order chi connectivity index (χ0) is 32.6. The first-order chi connectivity index (χ1) is 22.9. The molecule has 14 heteroatoms. The van der Waals surface area contributed by atoms with Crippen molar-refractivity contribution in [2.24, 2.45) is 4.99 Å². The number of benzene rings is 2. The van der Waals surface area contributed by atoms with Crippen LogP contribution in [0.3, 0.4) is 0 Å². The van der Waals surface area contributed by atoms with Crippen LogP contribution in [0.25, 0.3) is 22.6 Å². The number of aliphatic imine (C=N–C) groups is 1. The Hall–Kier alpha value is -4.98. The molecule has 48 heavy (non-hydrogen) atoms. The molecule has 11 nitrogen and oxygen atoms in total. The minimum Gasteiger partial charge on any atom is -0.619 e. The van der Waals surface area contributed by atoms with Crippen molar-refractivity contribution in [3.8, 4) is 11.3 Å². The Kier molecular flexibility index (Phi) is 11.6. The van der Waals surface area contributed by atoms with Crippen LogP contribution in [0.5, 0.6) is 0 Å². The van der Waals surface area contributed by atoms with E-state index in [1.165, 1.54) is 18.6 Å². The summed E-state index contributed by atoms with van der Waals surface area (Å²) in [5.74, 6) is 1.56. The lowest BCUT2D eigenvalue weighted by molar-refractivity contribution is -0.606. The van der Waals surface area contributed by atoms with Gasteiger partial charge >= 0.3 is 0 Å². The van der Waals surface area contributed by atoms with Gasteiger partial charge in [-0.3, -0.25) is 0 Å². The number of hydrogen-bond acceptors (Lipinski definition) is 8. The zero-order valence-electron chi connectivity index (χ0n) is 25.3. The maximum Gasteiger partial charge on any atom is 0.185 e. The van der Waals surface area contributed by atoms with Crippen LogP contribution in [0.4, 0.5) is 5.82 Å². The molecule has 4 aromatic heterocycles. The number of rotatable bonds is 7. The van der Waals surface area contributed by atoms with E-state index >= 15 is 0 Å². The summed E-state index contributed by atoms with van der Waals surface area (Å²) >= 11 is 9.71. The topological polar surface area (TPSA) is 133 Å². The zero-order valence-corrected chi connectivity index (χ0v) is 29.4. The van der Waals surface area contributed by atoms with Gasteiger partial charge in [-0.2, -0.15) is 19.1 Å². The van der Waals surface area contributed by atoms with Gasteiger partial charge in [-0.1, -0.05) is 60.1 Å². The number of fused-ring (bicyclic) bond motifs is 1. The van der Waals surface area contributed by atoms with Crippen molar-refractivity contribution in [1.29, 1.82) is 0 Å². The first-order valence-electron chi connectivity index (χ1n) is 14.6. The Morgan fingerprint density at radius 1 is 0.875 bits per heavy atom. The summed E-state index contributed by atoms with van der Waals surface area (Å²) in [7, 11) is 0. The van der Waals surface area contributed by atoms with Gasteiger partial charge in [-0.05, 0) is 34.1 Å². The molecule has 0 atom stereocenters. The molecule has 0 spiro atoms. The second-order valence-electron chi connectivity index (χ2n) is 10.4. The van der Waals surface area contributed by atoms with Gasteiger partial charge in [0.05, 0.1) is 16.4 Å². The van der Waals surface area contributed by atoms with E-state index in [0.717, 1.165) is 64.9 Å². The first-order valence-corrected chi connectivity index (χ1v) is 15.8. The van der Waals surface area contributed by atoms with E-state index in [0.29, 0.717) is 24.8 Å². The number of nitrogens with zero attached hydrogens (tertiary/aromatic N) is 6. The first kappa shape index (κ1) is 34.4. The van der Waals surface area contributed by atoms with E-state index in [9.17, 15) is 10.4 Å². The molecule has 244 valence electrons. The predicted octanol–water partition coefficient (Wildman–Crippen LogP) is 6.05. The van der Waals surface area contributed by atoms with Crippen molar-refractivity contribution in [2.75, 3.05) is 12.0 Å². The average molecular weight is 792 g/mol. The highest BCUT2D eigenvalue weighted by atomic mass is 79.9. The summed E-state index contributed by atoms with van der Waals surface area (Å²) in [5, 5.41) is 37.5. The van der Waals surface area contributed by atoms with Gasteiger partial charge in [0.15, 0.2) is 30.4 Å². The SMILES string of the molecule is Br.[O-][n+]1cccc(CNC2=NCNC(c3ccccc3Cl)=C2)c1.[O-][n+]1cccc(CNc2cc(-c3ccccc3)nc3c(Br)cnn23)c1. The van der Waals surface area contributed by atoms with Gasteiger partial charge in [-0.15, -0.1) is 17.0 Å². The third kappa shape index (κ3) is 8.68. The Morgan fingerprint density at radius 2 is 1.54 bits per heavy atom. The number of nitrogens with one attached hydrogen (secondary N) is 3. The van der Waals surface area contributed by atoms with Crippen LogP contribution >= 0.6 is 44.5 Å². The number of amidine groups is 1. The molecule has 6 aromatic rings. The van der Waals surface area contributed by atoms with E-state index in [2.05, 4.69) is 42.0 Å². The molecule has 0 saturated carbocycles. The van der Waals surface area contributed by atoms with Crippen LogP contribution in [0.15, 0.2) is 131 Å². The second kappa shape index (κ2) is 16.2. The fourth-order valence-electron chi connectivity index (χ4n) is 4.82. The smallest absolute Gasteiger partial charge is 0.185 e. The minimum absolute atomic E-state index is 0. The summed E-state index contributed by atoms with van der Waals surface area (Å²) in [6, 6.07) is 26.8. The van der Waals surface area contributed by atoms with Crippen molar-refractivity contribution >= 4 is 67.5 Å². The summed E-state index contributed by atoms with van der Waals surface area (Å²) in [6.07, 6.45) is 9.64. The molecule has 7 rings (SSSR count). The highest BCUT2D eigenvalue weighted by molar-refractivity contribution is 9.10. The number of aromatic nitrogens is 5. The average Bonchev–Trinajstić information content (AvgIpc) is 3.48. The van der Waals surface area contributed by atoms with Crippen LogP contribution in [0, 0.1) is 10.4 Å². The molecule has 2 aromatic carbocycles. The summed E-state index contributed by atoms with van der Waals surface area (Å²) in [6.45, 7) is 1.53. The molecule has 1 aliphatic rings. The molecule has 1 aliphatic heterocycles. The third-order valence-corrected chi connectivity index (χ3v) is 7.97. The molecular weight excluding hydrogens is 762 g/mol. The summed E-state index contributed by atoms with van der Waals surface area (Å²) in [4.78, 5) is 9.06. The Bertz CT molecular complexity index is 2070. The molecule has 3 N–H and O–H groups in total. The van der Waals surface area contributed by atoms with E-state index in [1.54, 1.807) is 29.0 Å². The number of hydrogen-bond donors (Lipinski definition) is 3. The van der Waals surface area contributed by atoms with Gasteiger partial charge in [0, 0.05) is 70.3 Å². The molecule has 0 fully saturated rings.